The fourth-order valence-electron chi connectivity index (χ4n) is 3.37. The first-order valence-corrected chi connectivity index (χ1v) is 9.25. The molecule has 0 aromatic rings. The molecule has 1 amide bonds. The molecule has 9 heteroatoms. The van der Waals surface area contributed by atoms with Gasteiger partial charge in [-0.15, -0.1) is 24.0 Å². The molecule has 0 spiro atoms. The van der Waals surface area contributed by atoms with Crippen molar-refractivity contribution in [3.05, 3.63) is 0 Å². The number of piperazine rings is 1. The topological polar surface area (TPSA) is 69.6 Å². The lowest BCUT2D eigenvalue weighted by Gasteiger charge is -2.39. The van der Waals surface area contributed by atoms with Crippen LogP contribution in [0.2, 0.25) is 0 Å². The number of nitrogens with one attached hydrogen (secondary N) is 1. The summed E-state index contributed by atoms with van der Waals surface area (Å²) in [6, 6.07) is 0.257. The van der Waals surface area contributed by atoms with E-state index in [0.717, 1.165) is 58.4 Å². The highest BCUT2D eigenvalue weighted by Gasteiger charge is 2.36. The Bertz CT molecular complexity index is 505. The van der Waals surface area contributed by atoms with E-state index in [2.05, 4.69) is 20.1 Å². The van der Waals surface area contributed by atoms with Crippen molar-refractivity contribution in [1.82, 2.24) is 20.0 Å². The van der Waals surface area contributed by atoms with Crippen molar-refractivity contribution < 1.29 is 14.3 Å². The van der Waals surface area contributed by atoms with Crippen LogP contribution < -0.4 is 5.32 Å². The van der Waals surface area contributed by atoms with Crippen LogP contribution in [0.3, 0.4) is 0 Å². The van der Waals surface area contributed by atoms with E-state index in [-0.39, 0.29) is 36.1 Å². The molecule has 3 aliphatic rings. The summed E-state index contributed by atoms with van der Waals surface area (Å²) in [6.45, 7) is 14.1. The molecule has 0 aromatic carbocycles. The van der Waals surface area contributed by atoms with E-state index in [1.165, 1.54) is 0 Å². The summed E-state index contributed by atoms with van der Waals surface area (Å²) in [5.74, 6) is 0.974. The maximum atomic E-state index is 12.2. The number of rotatable bonds is 3. The van der Waals surface area contributed by atoms with Gasteiger partial charge in [-0.2, -0.15) is 0 Å². The van der Waals surface area contributed by atoms with Gasteiger partial charge in [0.05, 0.1) is 25.8 Å². The number of carbonyl (C=O) groups excluding carboxylic acids is 1. The van der Waals surface area contributed by atoms with Gasteiger partial charge in [0.15, 0.2) is 5.96 Å². The maximum absolute atomic E-state index is 12.2. The minimum Gasteiger partial charge on any atom is -0.444 e. The van der Waals surface area contributed by atoms with E-state index in [0.29, 0.717) is 13.1 Å². The molecule has 2 saturated heterocycles. The van der Waals surface area contributed by atoms with Crippen molar-refractivity contribution in [2.75, 3.05) is 65.6 Å². The third kappa shape index (κ3) is 5.85. The second-order valence-corrected chi connectivity index (χ2v) is 7.82. The van der Waals surface area contributed by atoms with Crippen molar-refractivity contribution >= 4 is 36.0 Å². The van der Waals surface area contributed by atoms with Gasteiger partial charge in [-0.05, 0) is 20.8 Å². The van der Waals surface area contributed by atoms with E-state index in [1.54, 1.807) is 4.90 Å². The van der Waals surface area contributed by atoms with Crippen LogP contribution in [0.4, 0.5) is 4.79 Å². The lowest BCUT2D eigenvalue weighted by atomic mass is 10.2. The second-order valence-electron chi connectivity index (χ2n) is 7.82. The number of amides is 1. The van der Waals surface area contributed by atoms with Gasteiger partial charge in [0, 0.05) is 45.8 Å². The highest BCUT2D eigenvalue weighted by Crippen LogP contribution is 2.18. The highest BCUT2D eigenvalue weighted by atomic mass is 127. The number of halogens is 1. The van der Waals surface area contributed by atoms with Crippen molar-refractivity contribution in [3.63, 3.8) is 0 Å². The van der Waals surface area contributed by atoms with Gasteiger partial charge in [0.1, 0.15) is 5.60 Å². The quantitative estimate of drug-likeness (QED) is 0.603. The normalized spacial score (nSPS) is 23.8. The Morgan fingerprint density at radius 3 is 2.69 bits per heavy atom. The third-order valence-electron chi connectivity index (χ3n) is 4.67. The van der Waals surface area contributed by atoms with Gasteiger partial charge >= 0.3 is 6.09 Å². The summed E-state index contributed by atoms with van der Waals surface area (Å²) in [5.41, 5.74) is -0.452. The number of fused-ring (bicyclic) bond motifs is 1. The lowest BCUT2D eigenvalue weighted by molar-refractivity contribution is 0.0137. The molecule has 1 unspecified atom stereocenters. The highest BCUT2D eigenvalue weighted by molar-refractivity contribution is 14.0. The zero-order chi connectivity index (χ0) is 17.9. The first-order valence-electron chi connectivity index (χ1n) is 9.25. The maximum Gasteiger partial charge on any atom is 0.410 e. The van der Waals surface area contributed by atoms with Crippen LogP contribution in [0.1, 0.15) is 20.8 Å². The summed E-state index contributed by atoms with van der Waals surface area (Å²) in [7, 11) is 0. The summed E-state index contributed by atoms with van der Waals surface area (Å²) in [5, 5.41) is 3.47. The van der Waals surface area contributed by atoms with Crippen LogP contribution in [-0.2, 0) is 9.47 Å². The number of aliphatic imine (C=N–C) groups is 1. The molecule has 0 aromatic heterocycles. The molecule has 3 rings (SSSR count). The van der Waals surface area contributed by atoms with Gasteiger partial charge in [-0.3, -0.25) is 9.89 Å². The van der Waals surface area contributed by atoms with Crippen LogP contribution in [0.5, 0.6) is 0 Å². The smallest absolute Gasteiger partial charge is 0.410 e. The van der Waals surface area contributed by atoms with Gasteiger partial charge < -0.3 is 24.6 Å². The zero-order valence-corrected chi connectivity index (χ0v) is 18.4. The molecule has 1 N–H and O–H groups in total. The van der Waals surface area contributed by atoms with Crippen LogP contribution in [0, 0.1) is 0 Å². The minimum absolute atomic E-state index is 0. The molecule has 3 heterocycles. The number of ether oxygens (including phenoxy) is 2. The van der Waals surface area contributed by atoms with Gasteiger partial charge in [-0.25, -0.2) is 4.79 Å². The van der Waals surface area contributed by atoms with Gasteiger partial charge in [-0.1, -0.05) is 0 Å². The van der Waals surface area contributed by atoms with Crippen LogP contribution in [0.25, 0.3) is 0 Å². The van der Waals surface area contributed by atoms with Crippen molar-refractivity contribution in [2.45, 2.75) is 32.4 Å². The molecular weight excluding hydrogens is 449 g/mol. The van der Waals surface area contributed by atoms with Crippen molar-refractivity contribution in [2.24, 2.45) is 4.99 Å². The molecule has 0 saturated carbocycles. The fourth-order valence-corrected chi connectivity index (χ4v) is 3.37. The van der Waals surface area contributed by atoms with Crippen LogP contribution in [0.15, 0.2) is 4.99 Å². The Hall–Kier alpha value is -0.810. The summed E-state index contributed by atoms with van der Waals surface area (Å²) >= 11 is 0. The molecule has 0 radical (unpaired) electrons. The Kier molecular flexibility index (Phi) is 7.77. The molecular formula is C17H32IN5O3. The molecule has 3 aliphatic heterocycles. The van der Waals surface area contributed by atoms with Gasteiger partial charge in [0.2, 0.25) is 0 Å². The predicted octanol–water partition coefficient (Wildman–Crippen LogP) is 0.817. The lowest BCUT2D eigenvalue weighted by Crippen LogP contribution is -2.58. The fraction of sp³-hybridized carbons (Fsp3) is 0.882. The summed E-state index contributed by atoms with van der Waals surface area (Å²) < 4.78 is 10.9. The van der Waals surface area contributed by atoms with E-state index in [4.69, 9.17) is 9.47 Å². The number of hydrogen-bond donors (Lipinski definition) is 1. The summed E-state index contributed by atoms with van der Waals surface area (Å²) in [4.78, 5) is 23.4. The van der Waals surface area contributed by atoms with E-state index in [1.807, 2.05) is 20.8 Å². The Morgan fingerprint density at radius 1 is 1.27 bits per heavy atom. The molecule has 0 bridgehead atoms. The first kappa shape index (κ1) is 21.5. The van der Waals surface area contributed by atoms with E-state index < -0.39 is 5.60 Å². The Morgan fingerprint density at radius 2 is 2.00 bits per heavy atom. The van der Waals surface area contributed by atoms with E-state index in [9.17, 15) is 4.79 Å². The number of guanidine groups is 1. The van der Waals surface area contributed by atoms with Crippen molar-refractivity contribution in [1.29, 1.82) is 0 Å². The SMILES string of the molecule is CC(C)(C)OC(=O)N1CCN2C(NCCN3CCOCC3)=NCC2C1.I. The molecule has 1 atom stereocenters. The molecule has 0 aliphatic carbocycles. The molecule has 2 fully saturated rings. The second kappa shape index (κ2) is 9.41. The monoisotopic (exact) mass is 481 g/mol. The average Bonchev–Trinajstić information content (AvgIpc) is 2.97. The first-order chi connectivity index (χ1) is 11.9. The molecule has 150 valence electrons. The number of carbonyl (C=O) groups is 1. The van der Waals surface area contributed by atoms with Crippen molar-refractivity contribution in [3.8, 4) is 0 Å². The zero-order valence-electron chi connectivity index (χ0n) is 16.1. The van der Waals surface area contributed by atoms with Crippen LogP contribution >= 0.6 is 24.0 Å². The van der Waals surface area contributed by atoms with E-state index >= 15 is 0 Å². The van der Waals surface area contributed by atoms with Crippen LogP contribution in [-0.4, -0.2) is 104 Å². The Labute approximate surface area is 173 Å². The largest absolute Gasteiger partial charge is 0.444 e. The standard InChI is InChI=1S/C17H31N5O3.HI/c1-17(2,3)25-16(23)21-6-7-22-14(13-21)12-19-15(22)18-4-5-20-8-10-24-11-9-20;/h14H,4-13H2,1-3H3,(H,18,19);1H. The number of hydrogen-bond acceptors (Lipinski definition) is 7. The summed E-state index contributed by atoms with van der Waals surface area (Å²) in [6.07, 6.45) is -0.221. The minimum atomic E-state index is -0.452. The number of nitrogens with zero attached hydrogens (tertiary/aromatic N) is 4. The molecule has 26 heavy (non-hydrogen) atoms. The average molecular weight is 481 g/mol. The third-order valence-corrected chi connectivity index (χ3v) is 4.67. The number of morpholine rings is 1. The predicted molar refractivity (Wildman–Crippen MR) is 111 cm³/mol. The van der Waals surface area contributed by atoms with Gasteiger partial charge in [0.25, 0.3) is 0 Å². The Balaban J connectivity index is 0.00000243. The molecule has 8 nitrogen and oxygen atoms in total.